The maximum absolute atomic E-state index is 12.0. The number of carbonyl (C=O) groups excluding carboxylic acids is 1. The molecule has 1 aliphatic heterocycles. The molecule has 1 saturated heterocycles. The van der Waals surface area contributed by atoms with E-state index < -0.39 is 0 Å². The first-order valence-corrected chi connectivity index (χ1v) is 6.81. The molecule has 0 bridgehead atoms. The van der Waals surface area contributed by atoms with Crippen LogP contribution in [0.3, 0.4) is 0 Å². The molecule has 0 aliphatic carbocycles. The number of halogens is 1. The smallest absolute Gasteiger partial charge is 0.241 e. The molecule has 1 unspecified atom stereocenters. The summed E-state index contributed by atoms with van der Waals surface area (Å²) < 4.78 is 0.348. The number of hydrogen-bond acceptors (Lipinski definition) is 4. The summed E-state index contributed by atoms with van der Waals surface area (Å²) in [6.45, 7) is 1.98. The van der Waals surface area contributed by atoms with E-state index in [1.54, 1.807) is 24.2 Å². The van der Waals surface area contributed by atoms with E-state index in [9.17, 15) is 4.79 Å². The average molecular weight is 302 g/mol. The molecule has 1 aliphatic rings. The molecule has 0 aromatic carbocycles. The van der Waals surface area contributed by atoms with Gasteiger partial charge in [0.1, 0.15) is 4.60 Å². The van der Waals surface area contributed by atoms with Crippen molar-refractivity contribution >= 4 is 39.4 Å². The zero-order valence-corrected chi connectivity index (χ0v) is 11.3. The van der Waals surface area contributed by atoms with Gasteiger partial charge in [-0.15, -0.1) is 11.8 Å². The fourth-order valence-electron chi connectivity index (χ4n) is 1.58. The van der Waals surface area contributed by atoms with Gasteiger partial charge in [-0.05, 0) is 41.4 Å². The number of aromatic nitrogens is 2. The normalized spacial score (nSPS) is 24.4. The number of rotatable bonds is 2. The van der Waals surface area contributed by atoms with Gasteiger partial charge in [-0.1, -0.05) is 0 Å². The minimum atomic E-state index is -0.311. The number of hydrogen-bond donors (Lipinski definition) is 1. The second-order valence-electron chi connectivity index (χ2n) is 3.86. The summed E-state index contributed by atoms with van der Waals surface area (Å²) >= 11 is 4.90. The molecule has 2 rings (SSSR count). The van der Waals surface area contributed by atoms with Crippen molar-refractivity contribution < 1.29 is 4.79 Å². The molecular weight excluding hydrogens is 290 g/mol. The third kappa shape index (κ3) is 2.55. The number of nitrogens with zero attached hydrogens (tertiary/aromatic N) is 2. The van der Waals surface area contributed by atoms with Crippen LogP contribution in [0, 0.1) is 0 Å². The summed E-state index contributed by atoms with van der Waals surface area (Å²) in [5, 5.41) is 2.80. The lowest BCUT2D eigenvalue weighted by Crippen LogP contribution is -2.34. The van der Waals surface area contributed by atoms with Gasteiger partial charge in [0.25, 0.3) is 0 Å². The molecule has 1 aromatic heterocycles. The van der Waals surface area contributed by atoms with E-state index in [4.69, 9.17) is 0 Å². The highest BCUT2D eigenvalue weighted by atomic mass is 79.9. The van der Waals surface area contributed by atoms with Crippen LogP contribution in [0.5, 0.6) is 0 Å². The van der Waals surface area contributed by atoms with E-state index in [1.165, 1.54) is 0 Å². The average Bonchev–Trinajstić information content (AvgIpc) is 2.70. The number of anilines is 1. The first-order chi connectivity index (χ1) is 7.60. The molecule has 1 N–H and O–H groups in total. The number of thioether (sulfide) groups is 1. The van der Waals surface area contributed by atoms with E-state index in [1.807, 2.05) is 6.92 Å². The van der Waals surface area contributed by atoms with Gasteiger partial charge in [-0.3, -0.25) is 4.79 Å². The molecule has 1 atom stereocenters. The second kappa shape index (κ2) is 4.71. The van der Waals surface area contributed by atoms with Crippen LogP contribution < -0.4 is 5.32 Å². The Kier molecular flexibility index (Phi) is 3.49. The topological polar surface area (TPSA) is 54.9 Å². The number of nitrogens with one attached hydrogen (secondary N) is 1. The molecule has 6 heteroatoms. The molecule has 1 fully saturated rings. The molecule has 2 heterocycles. The van der Waals surface area contributed by atoms with E-state index in [2.05, 4.69) is 31.2 Å². The van der Waals surface area contributed by atoms with Gasteiger partial charge in [0, 0.05) is 0 Å². The lowest BCUT2D eigenvalue weighted by Gasteiger charge is -2.20. The predicted octanol–water partition coefficient (Wildman–Crippen LogP) is 2.46. The SMILES string of the molecule is CC1(C(=O)Nc2cnc(Br)cn2)CCCS1. The van der Waals surface area contributed by atoms with Crippen LogP contribution in [-0.2, 0) is 4.79 Å². The van der Waals surface area contributed by atoms with Crippen molar-refractivity contribution in [2.45, 2.75) is 24.5 Å². The fraction of sp³-hybridized carbons (Fsp3) is 0.500. The molecule has 0 saturated carbocycles. The lowest BCUT2D eigenvalue weighted by molar-refractivity contribution is -0.118. The first-order valence-electron chi connectivity index (χ1n) is 5.03. The van der Waals surface area contributed by atoms with Gasteiger partial charge in [-0.2, -0.15) is 0 Å². The molecule has 0 spiro atoms. The minimum Gasteiger partial charge on any atom is -0.308 e. The van der Waals surface area contributed by atoms with Crippen LogP contribution >= 0.6 is 27.7 Å². The Morgan fingerprint density at radius 2 is 2.38 bits per heavy atom. The number of carbonyl (C=O) groups is 1. The van der Waals surface area contributed by atoms with Crippen LogP contribution in [0.1, 0.15) is 19.8 Å². The van der Waals surface area contributed by atoms with Crippen molar-refractivity contribution in [2.24, 2.45) is 0 Å². The van der Waals surface area contributed by atoms with E-state index in [0.29, 0.717) is 10.4 Å². The van der Waals surface area contributed by atoms with Crippen molar-refractivity contribution in [3.05, 3.63) is 17.0 Å². The van der Waals surface area contributed by atoms with Crippen molar-refractivity contribution in [3.63, 3.8) is 0 Å². The van der Waals surface area contributed by atoms with Crippen LogP contribution in [0.4, 0.5) is 5.82 Å². The standard InChI is InChI=1S/C10H12BrN3OS/c1-10(3-2-4-16-10)9(15)14-8-6-12-7(11)5-13-8/h5-6H,2-4H2,1H3,(H,13,14,15). The highest BCUT2D eigenvalue weighted by Gasteiger charge is 2.37. The molecular formula is C10H12BrN3OS. The van der Waals surface area contributed by atoms with Gasteiger partial charge in [0.2, 0.25) is 5.91 Å². The molecule has 16 heavy (non-hydrogen) atoms. The van der Waals surface area contributed by atoms with Crippen LogP contribution in [0.25, 0.3) is 0 Å². The van der Waals surface area contributed by atoms with Crippen molar-refractivity contribution in [2.75, 3.05) is 11.1 Å². The summed E-state index contributed by atoms with van der Waals surface area (Å²) in [4.78, 5) is 20.1. The molecule has 0 radical (unpaired) electrons. The summed E-state index contributed by atoms with van der Waals surface area (Å²) in [6, 6.07) is 0. The Morgan fingerprint density at radius 1 is 1.56 bits per heavy atom. The van der Waals surface area contributed by atoms with E-state index in [-0.39, 0.29) is 10.7 Å². The van der Waals surface area contributed by atoms with Crippen LogP contribution in [-0.4, -0.2) is 26.4 Å². The first kappa shape index (κ1) is 11.9. The van der Waals surface area contributed by atoms with E-state index in [0.717, 1.165) is 18.6 Å². The monoisotopic (exact) mass is 301 g/mol. The summed E-state index contributed by atoms with van der Waals surface area (Å²) in [6.07, 6.45) is 5.14. The maximum Gasteiger partial charge on any atom is 0.241 e. The van der Waals surface area contributed by atoms with Gasteiger partial charge in [0.05, 0.1) is 17.1 Å². The van der Waals surface area contributed by atoms with Gasteiger partial charge in [-0.25, -0.2) is 9.97 Å². The van der Waals surface area contributed by atoms with E-state index >= 15 is 0 Å². The Balaban J connectivity index is 2.04. The predicted molar refractivity (Wildman–Crippen MR) is 68.5 cm³/mol. The Hall–Kier alpha value is -0.620. The highest BCUT2D eigenvalue weighted by Crippen LogP contribution is 2.38. The summed E-state index contributed by atoms with van der Waals surface area (Å²) in [7, 11) is 0. The number of amides is 1. The zero-order valence-electron chi connectivity index (χ0n) is 8.86. The summed E-state index contributed by atoms with van der Waals surface area (Å²) in [5.41, 5.74) is 0. The maximum atomic E-state index is 12.0. The Labute approximate surface area is 107 Å². The molecule has 1 amide bonds. The zero-order chi connectivity index (χ0) is 11.6. The molecule has 4 nitrogen and oxygen atoms in total. The van der Waals surface area contributed by atoms with Crippen LogP contribution in [0.2, 0.25) is 0 Å². The van der Waals surface area contributed by atoms with Crippen molar-refractivity contribution in [1.82, 2.24) is 9.97 Å². The second-order valence-corrected chi connectivity index (χ2v) is 6.27. The van der Waals surface area contributed by atoms with Gasteiger partial charge in [0.15, 0.2) is 5.82 Å². The largest absolute Gasteiger partial charge is 0.308 e. The molecule has 1 aromatic rings. The van der Waals surface area contributed by atoms with Gasteiger partial charge < -0.3 is 5.32 Å². The molecule has 86 valence electrons. The quantitative estimate of drug-likeness (QED) is 0.912. The van der Waals surface area contributed by atoms with Gasteiger partial charge >= 0.3 is 0 Å². The van der Waals surface area contributed by atoms with Crippen molar-refractivity contribution in [1.29, 1.82) is 0 Å². The fourth-order valence-corrected chi connectivity index (χ4v) is 3.00. The third-order valence-electron chi connectivity index (χ3n) is 2.56. The third-order valence-corrected chi connectivity index (χ3v) is 4.49. The minimum absolute atomic E-state index is 0.0200. The van der Waals surface area contributed by atoms with Crippen molar-refractivity contribution in [3.8, 4) is 0 Å². The Morgan fingerprint density at radius 3 is 2.94 bits per heavy atom. The summed E-state index contributed by atoms with van der Waals surface area (Å²) in [5.74, 6) is 1.57. The Bertz CT molecular complexity index is 390. The lowest BCUT2D eigenvalue weighted by atomic mass is 10.1. The highest BCUT2D eigenvalue weighted by molar-refractivity contribution is 9.10. The van der Waals surface area contributed by atoms with Crippen LogP contribution in [0.15, 0.2) is 17.0 Å².